The van der Waals surface area contributed by atoms with Crippen LogP contribution in [-0.2, 0) is 9.59 Å². The SMILES string of the molecule is CCCNCCNC(=O)CNC(=O)CC12CC3CC(CC(C3)C1)C2. The molecule has 4 rings (SSSR count). The van der Waals surface area contributed by atoms with Crippen LogP contribution in [0.4, 0.5) is 0 Å². The average Bonchev–Trinajstić information content (AvgIpc) is 2.51. The Balaban J connectivity index is 1.35. The van der Waals surface area contributed by atoms with E-state index in [2.05, 4.69) is 22.9 Å². The molecule has 0 radical (unpaired) electrons. The van der Waals surface area contributed by atoms with Crippen molar-refractivity contribution in [2.45, 2.75) is 58.3 Å². The largest absolute Gasteiger partial charge is 0.353 e. The van der Waals surface area contributed by atoms with Crippen LogP contribution in [0.15, 0.2) is 0 Å². The second-order valence-corrected chi connectivity index (χ2v) is 8.47. The summed E-state index contributed by atoms with van der Waals surface area (Å²) in [6, 6.07) is 0. The van der Waals surface area contributed by atoms with Crippen LogP contribution < -0.4 is 16.0 Å². The van der Waals surface area contributed by atoms with Crippen LogP contribution in [0.5, 0.6) is 0 Å². The number of nitrogens with one attached hydrogen (secondary N) is 3. The first-order chi connectivity index (χ1) is 11.6. The lowest BCUT2D eigenvalue weighted by Gasteiger charge is -2.56. The molecule has 4 fully saturated rings. The fourth-order valence-electron chi connectivity index (χ4n) is 5.74. The van der Waals surface area contributed by atoms with E-state index in [0.29, 0.717) is 13.0 Å². The molecule has 0 unspecified atom stereocenters. The molecule has 136 valence electrons. The lowest BCUT2D eigenvalue weighted by atomic mass is 9.49. The van der Waals surface area contributed by atoms with Gasteiger partial charge in [0.25, 0.3) is 0 Å². The van der Waals surface area contributed by atoms with Crippen molar-refractivity contribution in [1.29, 1.82) is 0 Å². The summed E-state index contributed by atoms with van der Waals surface area (Å²) >= 11 is 0. The molecule has 4 bridgehead atoms. The van der Waals surface area contributed by atoms with Crippen molar-refractivity contribution < 1.29 is 9.59 Å². The zero-order chi connectivity index (χ0) is 17.0. The normalized spacial score (nSPS) is 33.5. The number of hydrogen-bond donors (Lipinski definition) is 3. The number of amides is 2. The third kappa shape index (κ3) is 4.50. The lowest BCUT2D eigenvalue weighted by molar-refractivity contribution is -0.131. The minimum Gasteiger partial charge on any atom is -0.353 e. The van der Waals surface area contributed by atoms with Crippen molar-refractivity contribution in [3.8, 4) is 0 Å². The van der Waals surface area contributed by atoms with Crippen LogP contribution in [0.2, 0.25) is 0 Å². The number of carbonyl (C=O) groups is 2. The van der Waals surface area contributed by atoms with E-state index < -0.39 is 0 Å². The number of hydrogen-bond acceptors (Lipinski definition) is 3. The summed E-state index contributed by atoms with van der Waals surface area (Å²) in [6.07, 6.45) is 9.63. The van der Waals surface area contributed by atoms with Gasteiger partial charge in [0.05, 0.1) is 6.54 Å². The van der Waals surface area contributed by atoms with Gasteiger partial charge in [-0.15, -0.1) is 0 Å². The van der Waals surface area contributed by atoms with Gasteiger partial charge in [0.1, 0.15) is 0 Å². The van der Waals surface area contributed by atoms with Gasteiger partial charge in [0, 0.05) is 19.5 Å². The van der Waals surface area contributed by atoms with E-state index in [-0.39, 0.29) is 23.8 Å². The molecule has 0 aliphatic heterocycles. The van der Waals surface area contributed by atoms with Crippen molar-refractivity contribution >= 4 is 11.8 Å². The molecule has 2 amide bonds. The van der Waals surface area contributed by atoms with Crippen molar-refractivity contribution in [2.24, 2.45) is 23.2 Å². The average molecular weight is 335 g/mol. The minimum atomic E-state index is -0.0906. The van der Waals surface area contributed by atoms with Gasteiger partial charge in [-0.2, -0.15) is 0 Å². The monoisotopic (exact) mass is 335 g/mol. The molecule has 0 heterocycles. The summed E-state index contributed by atoms with van der Waals surface area (Å²) < 4.78 is 0. The molecule has 0 aromatic heterocycles. The van der Waals surface area contributed by atoms with Crippen LogP contribution >= 0.6 is 0 Å². The third-order valence-corrected chi connectivity index (χ3v) is 6.20. The maximum atomic E-state index is 12.3. The molecule has 4 aliphatic rings. The molecular weight excluding hydrogens is 302 g/mol. The molecule has 5 heteroatoms. The molecule has 4 aliphatic carbocycles. The highest BCUT2D eigenvalue weighted by Gasteiger charge is 2.51. The predicted molar refractivity (Wildman–Crippen MR) is 94.4 cm³/mol. The Morgan fingerprint density at radius 1 is 0.875 bits per heavy atom. The fourth-order valence-corrected chi connectivity index (χ4v) is 5.74. The standard InChI is InChI=1S/C19H33N3O2/c1-2-3-20-4-5-21-18(24)13-22-17(23)12-19-9-14-6-15(10-19)8-16(7-14)11-19/h14-16,20H,2-13H2,1H3,(H,21,24)(H,22,23). The Labute approximate surface area is 145 Å². The van der Waals surface area contributed by atoms with E-state index in [1.54, 1.807) is 0 Å². The zero-order valence-electron chi connectivity index (χ0n) is 15.0. The molecule has 3 N–H and O–H groups in total. The van der Waals surface area contributed by atoms with Gasteiger partial charge in [-0.25, -0.2) is 0 Å². The molecule has 24 heavy (non-hydrogen) atoms. The number of rotatable bonds is 9. The number of carbonyl (C=O) groups excluding carboxylic acids is 2. The van der Waals surface area contributed by atoms with Crippen LogP contribution in [0.1, 0.15) is 58.3 Å². The highest BCUT2D eigenvalue weighted by Crippen LogP contribution is 2.61. The van der Waals surface area contributed by atoms with E-state index in [1.807, 2.05) is 0 Å². The Bertz CT molecular complexity index is 428. The van der Waals surface area contributed by atoms with E-state index in [1.165, 1.54) is 38.5 Å². The Hall–Kier alpha value is -1.10. The van der Waals surface area contributed by atoms with Gasteiger partial charge in [-0.1, -0.05) is 6.92 Å². The van der Waals surface area contributed by atoms with Crippen LogP contribution in [0.3, 0.4) is 0 Å². The first-order valence-corrected chi connectivity index (χ1v) is 9.83. The minimum absolute atomic E-state index is 0.0659. The third-order valence-electron chi connectivity index (χ3n) is 6.20. The lowest BCUT2D eigenvalue weighted by Crippen LogP contribution is -2.48. The maximum Gasteiger partial charge on any atom is 0.239 e. The summed E-state index contributed by atoms with van der Waals surface area (Å²) in [7, 11) is 0. The molecule has 5 nitrogen and oxygen atoms in total. The molecule has 0 saturated heterocycles. The topological polar surface area (TPSA) is 70.2 Å². The molecule has 0 aromatic carbocycles. The Morgan fingerprint density at radius 3 is 2.08 bits per heavy atom. The van der Waals surface area contributed by atoms with Gasteiger partial charge < -0.3 is 16.0 Å². The molecule has 0 aromatic rings. The molecule has 0 atom stereocenters. The van der Waals surface area contributed by atoms with Crippen LogP contribution in [-0.4, -0.2) is 38.0 Å². The first-order valence-electron chi connectivity index (χ1n) is 9.83. The maximum absolute atomic E-state index is 12.3. The fraction of sp³-hybridized carbons (Fsp3) is 0.895. The van der Waals surface area contributed by atoms with Crippen molar-refractivity contribution in [2.75, 3.05) is 26.2 Å². The first kappa shape index (κ1) is 17.7. The van der Waals surface area contributed by atoms with Gasteiger partial charge in [-0.3, -0.25) is 9.59 Å². The van der Waals surface area contributed by atoms with E-state index in [4.69, 9.17) is 0 Å². The molecule has 4 saturated carbocycles. The van der Waals surface area contributed by atoms with Crippen molar-refractivity contribution in [1.82, 2.24) is 16.0 Å². The van der Waals surface area contributed by atoms with Gasteiger partial charge in [0.2, 0.25) is 11.8 Å². The van der Waals surface area contributed by atoms with Crippen LogP contribution in [0, 0.1) is 23.2 Å². The smallest absolute Gasteiger partial charge is 0.239 e. The van der Waals surface area contributed by atoms with Crippen LogP contribution in [0.25, 0.3) is 0 Å². The van der Waals surface area contributed by atoms with Gasteiger partial charge in [-0.05, 0) is 74.7 Å². The predicted octanol–water partition coefficient (Wildman–Crippen LogP) is 1.82. The van der Waals surface area contributed by atoms with Gasteiger partial charge >= 0.3 is 0 Å². The summed E-state index contributed by atoms with van der Waals surface area (Å²) in [4.78, 5) is 24.1. The Kier molecular flexibility index (Phi) is 5.80. The summed E-state index contributed by atoms with van der Waals surface area (Å²) in [5.41, 5.74) is 0.249. The second kappa shape index (κ2) is 7.85. The van der Waals surface area contributed by atoms with Gasteiger partial charge in [0.15, 0.2) is 0 Å². The Morgan fingerprint density at radius 2 is 1.50 bits per heavy atom. The highest BCUT2D eigenvalue weighted by atomic mass is 16.2. The quantitative estimate of drug-likeness (QED) is 0.563. The van der Waals surface area contributed by atoms with E-state index in [9.17, 15) is 9.59 Å². The summed E-state index contributed by atoms with van der Waals surface area (Å²) in [5, 5.41) is 8.92. The molecular formula is C19H33N3O2. The zero-order valence-corrected chi connectivity index (χ0v) is 15.0. The second-order valence-electron chi connectivity index (χ2n) is 8.47. The van der Waals surface area contributed by atoms with E-state index in [0.717, 1.165) is 37.3 Å². The summed E-state index contributed by atoms with van der Waals surface area (Å²) in [5.74, 6) is 2.57. The summed E-state index contributed by atoms with van der Waals surface area (Å²) in [6.45, 7) is 4.59. The van der Waals surface area contributed by atoms with Crippen molar-refractivity contribution in [3.05, 3.63) is 0 Å². The highest BCUT2D eigenvalue weighted by molar-refractivity contribution is 5.84. The van der Waals surface area contributed by atoms with Crippen molar-refractivity contribution in [3.63, 3.8) is 0 Å². The van der Waals surface area contributed by atoms with E-state index >= 15 is 0 Å². The molecule has 0 spiro atoms.